The lowest BCUT2D eigenvalue weighted by molar-refractivity contribution is 0.0742. The van der Waals surface area contributed by atoms with E-state index < -0.39 is 0 Å². The SMILES string of the molecule is CCCN1C(=O)c2ccccc2C1Nc1cccc(C(=O)NC2CCCCC2)c1. The molecular weight excluding hydrogens is 362 g/mol. The van der Waals surface area contributed by atoms with Crippen molar-refractivity contribution in [2.24, 2.45) is 0 Å². The fraction of sp³-hybridized carbons (Fsp3) is 0.417. The summed E-state index contributed by atoms with van der Waals surface area (Å²) in [7, 11) is 0. The van der Waals surface area contributed by atoms with Crippen LogP contribution in [0, 0.1) is 0 Å². The van der Waals surface area contributed by atoms with Crippen molar-refractivity contribution < 1.29 is 9.59 Å². The topological polar surface area (TPSA) is 61.4 Å². The van der Waals surface area contributed by atoms with Crippen LogP contribution in [-0.2, 0) is 0 Å². The van der Waals surface area contributed by atoms with Crippen molar-refractivity contribution in [2.75, 3.05) is 11.9 Å². The number of benzene rings is 2. The van der Waals surface area contributed by atoms with Crippen molar-refractivity contribution in [1.82, 2.24) is 10.2 Å². The molecule has 1 saturated carbocycles. The van der Waals surface area contributed by atoms with Crippen molar-refractivity contribution >= 4 is 17.5 Å². The molecule has 1 heterocycles. The Bertz CT molecular complexity index is 889. The molecule has 0 radical (unpaired) electrons. The van der Waals surface area contributed by atoms with Crippen molar-refractivity contribution in [1.29, 1.82) is 0 Å². The lowest BCUT2D eigenvalue weighted by Crippen LogP contribution is -2.36. The van der Waals surface area contributed by atoms with Gasteiger partial charge in [0.05, 0.1) is 0 Å². The number of hydrogen-bond acceptors (Lipinski definition) is 3. The first-order valence-electron chi connectivity index (χ1n) is 10.7. The van der Waals surface area contributed by atoms with Crippen LogP contribution in [0.15, 0.2) is 48.5 Å². The molecule has 152 valence electrons. The van der Waals surface area contributed by atoms with Crippen molar-refractivity contribution in [3.63, 3.8) is 0 Å². The second kappa shape index (κ2) is 8.68. The molecule has 2 aliphatic rings. The Morgan fingerprint density at radius 1 is 1.07 bits per heavy atom. The number of carbonyl (C=O) groups is 2. The second-order valence-electron chi connectivity index (χ2n) is 8.02. The molecule has 1 atom stereocenters. The third-order valence-corrected chi connectivity index (χ3v) is 5.89. The molecule has 5 heteroatoms. The van der Waals surface area contributed by atoms with Crippen LogP contribution in [-0.4, -0.2) is 29.3 Å². The molecule has 1 unspecified atom stereocenters. The summed E-state index contributed by atoms with van der Waals surface area (Å²) < 4.78 is 0. The number of fused-ring (bicyclic) bond motifs is 1. The van der Waals surface area contributed by atoms with E-state index in [4.69, 9.17) is 0 Å². The Morgan fingerprint density at radius 2 is 1.86 bits per heavy atom. The van der Waals surface area contributed by atoms with Crippen LogP contribution in [0.1, 0.15) is 77.9 Å². The molecule has 1 aliphatic carbocycles. The molecule has 1 aliphatic heterocycles. The Labute approximate surface area is 172 Å². The van der Waals surface area contributed by atoms with E-state index in [2.05, 4.69) is 17.6 Å². The standard InChI is InChI=1S/C24H29N3O2/c1-2-15-27-22(20-13-6-7-14-21(20)24(27)29)25-19-12-8-9-17(16-19)23(28)26-18-10-4-3-5-11-18/h6-9,12-14,16,18,22,25H,2-5,10-11,15H2,1H3,(H,26,28). The maximum atomic E-state index is 12.8. The highest BCUT2D eigenvalue weighted by atomic mass is 16.2. The van der Waals surface area contributed by atoms with E-state index >= 15 is 0 Å². The summed E-state index contributed by atoms with van der Waals surface area (Å²) in [5.41, 5.74) is 3.24. The molecule has 0 bridgehead atoms. The summed E-state index contributed by atoms with van der Waals surface area (Å²) in [6.07, 6.45) is 6.45. The van der Waals surface area contributed by atoms with Gasteiger partial charge in [-0.2, -0.15) is 0 Å². The fourth-order valence-electron chi connectivity index (χ4n) is 4.42. The van der Waals surface area contributed by atoms with E-state index in [1.807, 2.05) is 53.4 Å². The van der Waals surface area contributed by atoms with Crippen LogP contribution in [0.25, 0.3) is 0 Å². The summed E-state index contributed by atoms with van der Waals surface area (Å²) in [5.74, 6) is 0.0417. The molecule has 2 aromatic rings. The summed E-state index contributed by atoms with van der Waals surface area (Å²) in [6.45, 7) is 2.76. The second-order valence-corrected chi connectivity index (χ2v) is 8.02. The van der Waals surface area contributed by atoms with Gasteiger partial charge < -0.3 is 15.5 Å². The Balaban J connectivity index is 1.52. The molecule has 4 rings (SSSR count). The number of nitrogens with zero attached hydrogens (tertiary/aromatic N) is 1. The highest BCUT2D eigenvalue weighted by Crippen LogP contribution is 2.34. The van der Waals surface area contributed by atoms with Gasteiger partial charge in [0.15, 0.2) is 0 Å². The molecule has 2 N–H and O–H groups in total. The Hall–Kier alpha value is -2.82. The zero-order chi connectivity index (χ0) is 20.2. The molecule has 0 aromatic heterocycles. The van der Waals surface area contributed by atoms with Gasteiger partial charge in [0, 0.05) is 35.0 Å². The van der Waals surface area contributed by atoms with Crippen molar-refractivity contribution in [2.45, 2.75) is 57.7 Å². The number of rotatable bonds is 6. The minimum atomic E-state index is -0.213. The van der Waals surface area contributed by atoms with Gasteiger partial charge in [0.1, 0.15) is 6.17 Å². The van der Waals surface area contributed by atoms with Crippen LogP contribution in [0.2, 0.25) is 0 Å². The van der Waals surface area contributed by atoms with Crippen LogP contribution in [0.5, 0.6) is 0 Å². The van der Waals surface area contributed by atoms with Gasteiger partial charge in [-0.3, -0.25) is 9.59 Å². The molecule has 0 spiro atoms. The normalized spacial score (nSPS) is 19.1. The van der Waals surface area contributed by atoms with Crippen LogP contribution in [0.4, 0.5) is 5.69 Å². The maximum absolute atomic E-state index is 12.8. The summed E-state index contributed by atoms with van der Waals surface area (Å²) in [4.78, 5) is 27.4. The van der Waals surface area contributed by atoms with E-state index in [0.717, 1.165) is 36.1 Å². The third kappa shape index (κ3) is 4.14. The number of amides is 2. The summed E-state index contributed by atoms with van der Waals surface area (Å²) in [6, 6.07) is 15.6. The predicted octanol–water partition coefficient (Wildman–Crippen LogP) is 4.73. The smallest absolute Gasteiger partial charge is 0.256 e. The average Bonchev–Trinajstić information content (AvgIpc) is 3.01. The first-order valence-corrected chi connectivity index (χ1v) is 10.7. The van der Waals surface area contributed by atoms with Gasteiger partial charge in [-0.05, 0) is 43.5 Å². The molecule has 5 nitrogen and oxygen atoms in total. The number of anilines is 1. The summed E-state index contributed by atoms with van der Waals surface area (Å²) >= 11 is 0. The number of hydrogen-bond donors (Lipinski definition) is 2. The fourth-order valence-corrected chi connectivity index (χ4v) is 4.42. The highest BCUT2D eigenvalue weighted by molar-refractivity contribution is 5.99. The molecule has 0 saturated heterocycles. The zero-order valence-electron chi connectivity index (χ0n) is 17.0. The number of nitrogens with one attached hydrogen (secondary N) is 2. The number of carbonyl (C=O) groups excluding carboxylic acids is 2. The van der Waals surface area contributed by atoms with Crippen molar-refractivity contribution in [3.05, 3.63) is 65.2 Å². The van der Waals surface area contributed by atoms with E-state index in [9.17, 15) is 9.59 Å². The lowest BCUT2D eigenvalue weighted by atomic mass is 9.95. The van der Waals surface area contributed by atoms with E-state index in [-0.39, 0.29) is 24.0 Å². The Morgan fingerprint density at radius 3 is 2.66 bits per heavy atom. The van der Waals surface area contributed by atoms with Gasteiger partial charge in [-0.1, -0.05) is 50.5 Å². The lowest BCUT2D eigenvalue weighted by Gasteiger charge is -2.27. The molecule has 2 amide bonds. The van der Waals surface area contributed by atoms with E-state index in [1.165, 1.54) is 19.3 Å². The zero-order valence-corrected chi connectivity index (χ0v) is 17.0. The molecule has 29 heavy (non-hydrogen) atoms. The molecular formula is C24H29N3O2. The van der Waals surface area contributed by atoms with E-state index in [1.54, 1.807) is 0 Å². The quantitative estimate of drug-likeness (QED) is 0.749. The summed E-state index contributed by atoms with van der Waals surface area (Å²) in [5, 5.41) is 6.66. The molecule has 1 fully saturated rings. The Kier molecular flexibility index (Phi) is 5.84. The maximum Gasteiger partial charge on any atom is 0.256 e. The van der Waals surface area contributed by atoms with Gasteiger partial charge in [-0.15, -0.1) is 0 Å². The van der Waals surface area contributed by atoms with Gasteiger partial charge in [0.25, 0.3) is 11.8 Å². The predicted molar refractivity (Wildman–Crippen MR) is 115 cm³/mol. The monoisotopic (exact) mass is 391 g/mol. The first-order chi connectivity index (χ1) is 14.2. The average molecular weight is 392 g/mol. The van der Waals surface area contributed by atoms with Crippen LogP contribution < -0.4 is 10.6 Å². The largest absolute Gasteiger partial charge is 0.361 e. The third-order valence-electron chi connectivity index (χ3n) is 5.89. The van der Waals surface area contributed by atoms with Crippen molar-refractivity contribution in [3.8, 4) is 0 Å². The minimum Gasteiger partial charge on any atom is -0.361 e. The van der Waals surface area contributed by atoms with Crippen LogP contribution in [0.3, 0.4) is 0 Å². The van der Waals surface area contributed by atoms with E-state index in [0.29, 0.717) is 12.1 Å². The van der Waals surface area contributed by atoms with Gasteiger partial charge >= 0.3 is 0 Å². The van der Waals surface area contributed by atoms with Gasteiger partial charge in [0.2, 0.25) is 0 Å². The highest BCUT2D eigenvalue weighted by Gasteiger charge is 2.35. The van der Waals surface area contributed by atoms with Gasteiger partial charge in [-0.25, -0.2) is 0 Å². The molecule has 2 aromatic carbocycles. The minimum absolute atomic E-state index is 0.0196. The van der Waals surface area contributed by atoms with Crippen LogP contribution >= 0.6 is 0 Å². The first kappa shape index (κ1) is 19.5.